The smallest absolute Gasteiger partial charge is 0.116 e. The minimum absolute atomic E-state index is 0.505. The van der Waals surface area contributed by atoms with Gasteiger partial charge in [-0.15, -0.1) is 23.1 Å². The molecule has 0 saturated carbocycles. The molecule has 0 bridgehead atoms. The van der Waals surface area contributed by atoms with E-state index in [4.69, 9.17) is 0 Å². The molecule has 3 nitrogen and oxygen atoms in total. The molecule has 5 heteroatoms. The molecule has 90 valence electrons. The van der Waals surface area contributed by atoms with Crippen LogP contribution in [0.4, 0.5) is 0 Å². The van der Waals surface area contributed by atoms with Gasteiger partial charge in [-0.25, -0.2) is 9.97 Å². The van der Waals surface area contributed by atoms with E-state index in [1.165, 1.54) is 4.88 Å². The lowest BCUT2D eigenvalue weighted by Crippen LogP contribution is -2.21. The van der Waals surface area contributed by atoms with Crippen molar-refractivity contribution in [1.82, 2.24) is 15.3 Å². The van der Waals surface area contributed by atoms with Gasteiger partial charge in [0.15, 0.2) is 0 Å². The predicted octanol–water partition coefficient (Wildman–Crippen LogP) is 2.81. The number of hydrogen-bond acceptors (Lipinski definition) is 5. The largest absolute Gasteiger partial charge is 0.311 e. The van der Waals surface area contributed by atoms with Crippen molar-refractivity contribution in [1.29, 1.82) is 0 Å². The lowest BCUT2D eigenvalue weighted by Gasteiger charge is -2.10. The van der Waals surface area contributed by atoms with Crippen LogP contribution in [0.25, 0.3) is 0 Å². The third-order valence-electron chi connectivity index (χ3n) is 2.19. The minimum atomic E-state index is 0.505. The molecule has 0 aliphatic carbocycles. The van der Waals surface area contributed by atoms with Gasteiger partial charge in [0.2, 0.25) is 0 Å². The molecule has 0 aliphatic rings. The van der Waals surface area contributed by atoms with Gasteiger partial charge in [-0.2, -0.15) is 0 Å². The summed E-state index contributed by atoms with van der Waals surface area (Å²) >= 11 is 3.56. The first-order valence-corrected chi connectivity index (χ1v) is 7.26. The summed E-state index contributed by atoms with van der Waals surface area (Å²) in [4.78, 5) is 9.49. The van der Waals surface area contributed by atoms with E-state index in [0.717, 1.165) is 18.1 Å². The first-order chi connectivity index (χ1) is 8.34. The second-order valence-corrected chi connectivity index (χ2v) is 6.18. The number of thiophene rings is 1. The number of nitrogens with zero attached hydrogens (tertiary/aromatic N) is 2. The quantitative estimate of drug-likeness (QED) is 0.644. The second kappa shape index (κ2) is 6.74. The lowest BCUT2D eigenvalue weighted by molar-refractivity contribution is 0.690. The van der Waals surface area contributed by atoms with E-state index in [1.807, 2.05) is 6.07 Å². The van der Waals surface area contributed by atoms with E-state index in [0.29, 0.717) is 5.25 Å². The van der Waals surface area contributed by atoms with E-state index < -0.39 is 0 Å². The fourth-order valence-electron chi connectivity index (χ4n) is 1.41. The Morgan fingerprint density at radius 2 is 2.41 bits per heavy atom. The number of aromatic nitrogens is 2. The zero-order chi connectivity index (χ0) is 11.9. The highest BCUT2D eigenvalue weighted by Crippen LogP contribution is 2.19. The maximum atomic E-state index is 4.20. The van der Waals surface area contributed by atoms with Gasteiger partial charge in [-0.05, 0) is 17.5 Å². The fourth-order valence-corrected chi connectivity index (χ4v) is 2.94. The van der Waals surface area contributed by atoms with Crippen molar-refractivity contribution in [3.05, 3.63) is 41.0 Å². The van der Waals surface area contributed by atoms with Gasteiger partial charge < -0.3 is 5.32 Å². The zero-order valence-corrected chi connectivity index (χ0v) is 11.3. The first-order valence-electron chi connectivity index (χ1n) is 5.50. The molecule has 0 radical (unpaired) electrons. The molecule has 2 aromatic heterocycles. The molecule has 1 atom stereocenters. The summed E-state index contributed by atoms with van der Waals surface area (Å²) in [7, 11) is 0. The molecule has 0 aromatic carbocycles. The van der Waals surface area contributed by atoms with Crippen LogP contribution >= 0.6 is 23.1 Å². The van der Waals surface area contributed by atoms with Crippen molar-refractivity contribution in [2.45, 2.75) is 23.7 Å². The van der Waals surface area contributed by atoms with Crippen molar-refractivity contribution in [3.8, 4) is 0 Å². The first kappa shape index (κ1) is 12.5. The number of thioether (sulfide) groups is 1. The van der Waals surface area contributed by atoms with E-state index in [1.54, 1.807) is 35.6 Å². The van der Waals surface area contributed by atoms with Gasteiger partial charge in [0.25, 0.3) is 0 Å². The molecular weight excluding hydrogens is 250 g/mol. The molecule has 2 heterocycles. The Bertz CT molecular complexity index is 417. The van der Waals surface area contributed by atoms with Gasteiger partial charge in [-0.3, -0.25) is 0 Å². The van der Waals surface area contributed by atoms with Crippen molar-refractivity contribution >= 4 is 23.1 Å². The van der Waals surface area contributed by atoms with Crippen LogP contribution in [-0.4, -0.2) is 21.8 Å². The maximum Gasteiger partial charge on any atom is 0.116 e. The number of hydrogen-bond donors (Lipinski definition) is 1. The summed E-state index contributed by atoms with van der Waals surface area (Å²) in [6, 6.07) is 6.18. The Morgan fingerprint density at radius 3 is 3.12 bits per heavy atom. The topological polar surface area (TPSA) is 37.8 Å². The van der Waals surface area contributed by atoms with Gasteiger partial charge in [0.1, 0.15) is 6.33 Å². The predicted molar refractivity (Wildman–Crippen MR) is 73.4 cm³/mol. The normalized spacial score (nSPS) is 12.5. The molecule has 0 aliphatic heterocycles. The Labute approximate surface area is 110 Å². The third-order valence-corrected chi connectivity index (χ3v) is 4.12. The molecule has 0 spiro atoms. The molecule has 17 heavy (non-hydrogen) atoms. The van der Waals surface area contributed by atoms with Gasteiger partial charge in [-0.1, -0.05) is 13.0 Å². The minimum Gasteiger partial charge on any atom is -0.311 e. The highest BCUT2D eigenvalue weighted by Gasteiger charge is 2.04. The van der Waals surface area contributed by atoms with E-state index in [2.05, 4.69) is 39.7 Å². The molecule has 1 N–H and O–H groups in total. The Balaban J connectivity index is 1.69. The monoisotopic (exact) mass is 265 g/mol. The van der Waals surface area contributed by atoms with Crippen molar-refractivity contribution in [2.24, 2.45) is 0 Å². The molecule has 1 unspecified atom stereocenters. The van der Waals surface area contributed by atoms with E-state index in [-0.39, 0.29) is 0 Å². The average Bonchev–Trinajstić information content (AvgIpc) is 2.83. The number of nitrogens with one attached hydrogen (secondary N) is 1. The zero-order valence-electron chi connectivity index (χ0n) is 9.67. The maximum absolute atomic E-state index is 4.20. The lowest BCUT2D eigenvalue weighted by atomic mass is 10.4. The highest BCUT2D eigenvalue weighted by atomic mass is 32.2. The van der Waals surface area contributed by atoms with Crippen molar-refractivity contribution in [3.63, 3.8) is 0 Å². The highest BCUT2D eigenvalue weighted by molar-refractivity contribution is 7.99. The van der Waals surface area contributed by atoms with Crippen LogP contribution in [0.3, 0.4) is 0 Å². The average molecular weight is 265 g/mol. The van der Waals surface area contributed by atoms with Crippen LogP contribution < -0.4 is 5.32 Å². The molecule has 0 saturated heterocycles. The summed E-state index contributed by atoms with van der Waals surface area (Å²) in [6.45, 7) is 4.13. The summed E-state index contributed by atoms with van der Waals surface area (Å²) in [5.41, 5.74) is 0. The number of rotatable bonds is 6. The SMILES string of the molecule is CC(CNCc1cccs1)Sc1ccncn1. The van der Waals surface area contributed by atoms with Crippen LogP contribution in [0.2, 0.25) is 0 Å². The molecular formula is C12H15N3S2. The second-order valence-electron chi connectivity index (χ2n) is 3.69. The Morgan fingerprint density at radius 1 is 1.47 bits per heavy atom. The van der Waals surface area contributed by atoms with Crippen LogP contribution in [0.15, 0.2) is 41.1 Å². The van der Waals surface area contributed by atoms with Crippen LogP contribution in [0.1, 0.15) is 11.8 Å². The Kier molecular flexibility index (Phi) is 4.97. The van der Waals surface area contributed by atoms with Crippen molar-refractivity contribution in [2.75, 3.05) is 6.54 Å². The van der Waals surface area contributed by atoms with Gasteiger partial charge >= 0.3 is 0 Å². The third kappa shape index (κ3) is 4.46. The Hall–Kier alpha value is -0.910. The van der Waals surface area contributed by atoms with E-state index in [9.17, 15) is 0 Å². The summed E-state index contributed by atoms with van der Waals surface area (Å²) in [5.74, 6) is 0. The van der Waals surface area contributed by atoms with Crippen LogP contribution in [0, 0.1) is 0 Å². The fraction of sp³-hybridized carbons (Fsp3) is 0.333. The van der Waals surface area contributed by atoms with Gasteiger partial charge in [0.05, 0.1) is 5.03 Å². The standard InChI is InChI=1S/C12H15N3S2/c1-10(17-12-4-5-13-9-15-12)7-14-8-11-3-2-6-16-11/h2-6,9-10,14H,7-8H2,1H3. The van der Waals surface area contributed by atoms with Crippen LogP contribution in [-0.2, 0) is 6.54 Å². The summed E-state index contributed by atoms with van der Waals surface area (Å²) < 4.78 is 0. The van der Waals surface area contributed by atoms with E-state index >= 15 is 0 Å². The molecule has 0 amide bonds. The van der Waals surface area contributed by atoms with Gasteiger partial charge in [0, 0.05) is 29.4 Å². The summed E-state index contributed by atoms with van der Waals surface area (Å²) in [6.07, 6.45) is 3.37. The molecule has 2 aromatic rings. The molecule has 2 rings (SSSR count). The molecule has 0 fully saturated rings. The van der Waals surface area contributed by atoms with Crippen molar-refractivity contribution < 1.29 is 0 Å². The van der Waals surface area contributed by atoms with Crippen LogP contribution in [0.5, 0.6) is 0 Å². The summed E-state index contributed by atoms with van der Waals surface area (Å²) in [5, 5.41) is 7.10.